The van der Waals surface area contributed by atoms with E-state index in [1.807, 2.05) is 15.2 Å². The lowest BCUT2D eigenvalue weighted by Crippen LogP contribution is -1.99. The van der Waals surface area contributed by atoms with Crippen molar-refractivity contribution < 1.29 is 13.2 Å². The highest BCUT2D eigenvalue weighted by molar-refractivity contribution is 5.88. The van der Waals surface area contributed by atoms with Gasteiger partial charge < -0.3 is 8.97 Å². The van der Waals surface area contributed by atoms with Gasteiger partial charge in [0, 0.05) is 23.9 Å². The number of hydrogen-bond acceptors (Lipinski definition) is 0. The number of benzene rings is 2. The van der Waals surface area contributed by atoms with Crippen LogP contribution in [0.2, 0.25) is 0 Å². The van der Waals surface area contributed by atoms with Gasteiger partial charge in [-0.05, 0) is 49.1 Å². The van der Waals surface area contributed by atoms with Crippen molar-refractivity contribution in [3.63, 3.8) is 0 Å². The molecule has 0 saturated heterocycles. The molecule has 5 rings (SSSR count). The normalized spacial score (nSPS) is 14.4. The van der Waals surface area contributed by atoms with E-state index in [0.717, 1.165) is 41.6 Å². The zero-order valence-corrected chi connectivity index (χ0v) is 13.4. The van der Waals surface area contributed by atoms with E-state index in [1.165, 1.54) is 18.2 Å². The Hall–Kier alpha value is -2.69. The van der Waals surface area contributed by atoms with Crippen molar-refractivity contribution in [2.45, 2.75) is 25.8 Å². The van der Waals surface area contributed by atoms with E-state index >= 15 is 0 Å². The van der Waals surface area contributed by atoms with E-state index in [0.29, 0.717) is 17.6 Å². The molecular weight excluding hydrogens is 325 g/mol. The monoisotopic (exact) mass is 340 g/mol. The molecule has 0 fully saturated rings. The minimum atomic E-state index is -0.825. The van der Waals surface area contributed by atoms with Gasteiger partial charge in [0.05, 0.1) is 5.52 Å². The molecule has 2 aromatic heterocycles. The van der Waals surface area contributed by atoms with Gasteiger partial charge >= 0.3 is 0 Å². The summed E-state index contributed by atoms with van der Waals surface area (Å²) in [5, 5.41) is 0. The summed E-state index contributed by atoms with van der Waals surface area (Å²) in [7, 11) is 0. The highest BCUT2D eigenvalue weighted by atomic mass is 19.2. The second-order valence-electron chi connectivity index (χ2n) is 6.56. The Morgan fingerprint density at radius 2 is 1.68 bits per heavy atom. The van der Waals surface area contributed by atoms with Crippen LogP contribution >= 0.6 is 0 Å². The molecular formula is C20H15F3N2. The Morgan fingerprint density at radius 3 is 2.48 bits per heavy atom. The van der Waals surface area contributed by atoms with Crippen LogP contribution in [-0.4, -0.2) is 8.97 Å². The molecule has 4 aromatic rings. The van der Waals surface area contributed by atoms with Gasteiger partial charge in [-0.2, -0.15) is 0 Å². The summed E-state index contributed by atoms with van der Waals surface area (Å²) in [6, 6.07) is 9.21. The van der Waals surface area contributed by atoms with E-state index in [4.69, 9.17) is 0 Å². The molecule has 5 heteroatoms. The second-order valence-corrected chi connectivity index (χ2v) is 6.56. The molecule has 1 aliphatic rings. The van der Waals surface area contributed by atoms with Crippen LogP contribution in [0.5, 0.6) is 0 Å². The number of halogens is 3. The van der Waals surface area contributed by atoms with E-state index < -0.39 is 11.6 Å². The number of aromatic nitrogens is 2. The molecule has 0 bridgehead atoms. The summed E-state index contributed by atoms with van der Waals surface area (Å²) >= 11 is 0. The van der Waals surface area contributed by atoms with Crippen molar-refractivity contribution in [3.8, 4) is 11.1 Å². The third kappa shape index (κ3) is 1.98. The average Bonchev–Trinajstić information content (AvgIpc) is 3.02. The third-order valence-corrected chi connectivity index (χ3v) is 5.13. The number of rotatable bonds is 1. The Morgan fingerprint density at radius 1 is 0.880 bits per heavy atom. The molecule has 25 heavy (non-hydrogen) atoms. The summed E-state index contributed by atoms with van der Waals surface area (Å²) in [6.45, 7) is 0.660. The predicted molar refractivity (Wildman–Crippen MR) is 91.1 cm³/mol. The lowest BCUT2D eigenvalue weighted by Gasteiger charge is -2.05. The predicted octanol–water partition coefficient (Wildman–Crippen LogP) is 5.31. The van der Waals surface area contributed by atoms with Crippen LogP contribution in [0, 0.1) is 17.5 Å². The molecule has 0 N–H and O–H groups in total. The smallest absolute Gasteiger partial charge is 0.184 e. The number of nitrogens with zero attached hydrogens (tertiary/aromatic N) is 2. The first kappa shape index (κ1) is 14.6. The Kier molecular flexibility index (Phi) is 3.02. The summed E-state index contributed by atoms with van der Waals surface area (Å²) < 4.78 is 45.3. The molecule has 1 aliphatic heterocycles. The van der Waals surface area contributed by atoms with Crippen LogP contribution in [0.1, 0.15) is 18.4 Å². The van der Waals surface area contributed by atoms with Gasteiger partial charge in [-0.25, -0.2) is 13.2 Å². The van der Waals surface area contributed by atoms with Crippen LogP contribution < -0.4 is 0 Å². The molecule has 2 nitrogen and oxygen atoms in total. The maximum atomic E-state index is 14.5. The fourth-order valence-corrected chi connectivity index (χ4v) is 4.01. The minimum absolute atomic E-state index is 0.272. The van der Waals surface area contributed by atoms with Crippen LogP contribution in [0.15, 0.2) is 42.6 Å². The van der Waals surface area contributed by atoms with Crippen molar-refractivity contribution in [2.75, 3.05) is 0 Å². The lowest BCUT2D eigenvalue weighted by atomic mass is 10.0. The van der Waals surface area contributed by atoms with Crippen molar-refractivity contribution in [1.29, 1.82) is 0 Å². The zero-order valence-electron chi connectivity index (χ0n) is 13.4. The van der Waals surface area contributed by atoms with Gasteiger partial charge in [-0.1, -0.05) is 12.1 Å². The Balaban J connectivity index is 1.90. The lowest BCUT2D eigenvalue weighted by molar-refractivity contribution is 0.510. The largest absolute Gasteiger partial charge is 0.323 e. The Labute approximate surface area is 142 Å². The number of aryl methyl sites for hydroxylation is 2. The number of imidazole rings is 1. The van der Waals surface area contributed by atoms with Crippen LogP contribution in [-0.2, 0) is 13.0 Å². The maximum absolute atomic E-state index is 14.5. The van der Waals surface area contributed by atoms with Gasteiger partial charge in [-0.3, -0.25) is 0 Å². The van der Waals surface area contributed by atoms with Crippen molar-refractivity contribution in [2.24, 2.45) is 0 Å². The van der Waals surface area contributed by atoms with Crippen molar-refractivity contribution in [1.82, 2.24) is 8.97 Å². The summed E-state index contributed by atoms with van der Waals surface area (Å²) in [5.41, 5.74) is 4.97. The minimum Gasteiger partial charge on any atom is -0.323 e. The first-order chi connectivity index (χ1) is 12.1. The van der Waals surface area contributed by atoms with Gasteiger partial charge in [0.25, 0.3) is 0 Å². The van der Waals surface area contributed by atoms with Crippen molar-refractivity contribution >= 4 is 16.7 Å². The Bertz CT molecular complexity index is 1120. The fourth-order valence-electron chi connectivity index (χ4n) is 4.01. The molecule has 126 valence electrons. The molecule has 3 heterocycles. The zero-order chi connectivity index (χ0) is 17.1. The van der Waals surface area contributed by atoms with E-state index in [9.17, 15) is 13.2 Å². The maximum Gasteiger partial charge on any atom is 0.184 e. The standard InChI is InChI=1S/C20H15F3N2/c21-13-6-4-12(5-7-13)15-11-25-17-9-8-16(22)18(23)19(17)24-10-2-1-3-14(15)20(24)25/h4-9,11H,1-3,10H2. The first-order valence-electron chi connectivity index (χ1n) is 8.41. The van der Waals surface area contributed by atoms with E-state index in [-0.39, 0.29) is 5.82 Å². The average molecular weight is 340 g/mol. The number of fused-ring (bicyclic) bond motifs is 3. The molecule has 0 amide bonds. The molecule has 2 aromatic carbocycles. The highest BCUT2D eigenvalue weighted by Crippen LogP contribution is 2.37. The summed E-state index contributed by atoms with van der Waals surface area (Å²) in [6.07, 6.45) is 4.71. The fraction of sp³-hybridized carbons (Fsp3) is 0.200. The van der Waals surface area contributed by atoms with E-state index in [1.54, 1.807) is 18.2 Å². The van der Waals surface area contributed by atoms with Crippen LogP contribution in [0.25, 0.3) is 27.8 Å². The number of hydrogen-bond donors (Lipinski definition) is 0. The van der Waals surface area contributed by atoms with Crippen LogP contribution in [0.3, 0.4) is 0 Å². The van der Waals surface area contributed by atoms with Crippen LogP contribution in [0.4, 0.5) is 13.2 Å². The topological polar surface area (TPSA) is 9.34 Å². The molecule has 0 saturated carbocycles. The van der Waals surface area contributed by atoms with Gasteiger partial charge in [0.15, 0.2) is 11.6 Å². The third-order valence-electron chi connectivity index (χ3n) is 5.13. The van der Waals surface area contributed by atoms with Crippen molar-refractivity contribution in [3.05, 3.63) is 65.6 Å². The molecule has 0 unspecified atom stereocenters. The molecule has 0 radical (unpaired) electrons. The first-order valence-corrected chi connectivity index (χ1v) is 8.41. The van der Waals surface area contributed by atoms with Gasteiger partial charge in [-0.15, -0.1) is 0 Å². The SMILES string of the molecule is Fc1ccc(-c2cn3c4ccc(F)c(F)c4n4c3c2CCCC4)cc1. The van der Waals surface area contributed by atoms with Gasteiger partial charge in [0.2, 0.25) is 0 Å². The highest BCUT2D eigenvalue weighted by Gasteiger charge is 2.24. The van der Waals surface area contributed by atoms with E-state index in [2.05, 4.69) is 0 Å². The molecule has 0 atom stereocenters. The quantitative estimate of drug-likeness (QED) is 0.444. The second kappa shape index (κ2) is 5.15. The summed E-state index contributed by atoms with van der Waals surface area (Å²) in [5.74, 6) is -1.89. The van der Waals surface area contributed by atoms with Gasteiger partial charge in [0.1, 0.15) is 17.0 Å². The molecule has 0 spiro atoms. The molecule has 0 aliphatic carbocycles. The summed E-state index contributed by atoms with van der Waals surface area (Å²) in [4.78, 5) is 0.